The average Bonchev–Trinajstić information content (AvgIpc) is 2.36. The zero-order chi connectivity index (χ0) is 11.8. The minimum atomic E-state index is 0.507. The van der Waals surface area contributed by atoms with Gasteiger partial charge in [0.15, 0.2) is 0 Å². The fraction of sp³-hybridized carbons (Fsp3) is 0.750. The van der Waals surface area contributed by atoms with Crippen LogP contribution in [0.1, 0.15) is 46.0 Å². The monoisotopic (exact) mass is 232 g/mol. The van der Waals surface area contributed by atoms with E-state index in [1.165, 1.54) is 32.1 Å². The Bertz CT molecular complexity index is 353. The lowest BCUT2D eigenvalue weighted by Gasteiger charge is -2.44. The Labute approximate surface area is 105 Å². The molecule has 0 N–H and O–H groups in total. The van der Waals surface area contributed by atoms with Crippen molar-refractivity contribution in [2.24, 2.45) is 17.8 Å². The Morgan fingerprint density at radius 3 is 2.82 bits per heavy atom. The molecule has 1 saturated heterocycles. The van der Waals surface area contributed by atoms with Gasteiger partial charge >= 0.3 is 0 Å². The molecule has 1 heteroatoms. The normalized spacial score (nSPS) is 41.8. The largest absolute Gasteiger partial charge is 0.377 e. The van der Waals surface area contributed by atoms with Crippen LogP contribution in [0.5, 0.6) is 0 Å². The van der Waals surface area contributed by atoms with Crippen LogP contribution < -0.4 is 0 Å². The topological polar surface area (TPSA) is 9.23 Å². The quantitative estimate of drug-likeness (QED) is 0.618. The first kappa shape index (κ1) is 11.5. The van der Waals surface area contributed by atoms with Crippen LogP contribution in [0.15, 0.2) is 23.3 Å². The van der Waals surface area contributed by atoms with Crippen molar-refractivity contribution in [1.29, 1.82) is 0 Å². The first-order valence-corrected chi connectivity index (χ1v) is 7.18. The first-order chi connectivity index (χ1) is 8.24. The van der Waals surface area contributed by atoms with E-state index in [-0.39, 0.29) is 0 Å². The van der Waals surface area contributed by atoms with Crippen molar-refractivity contribution in [3.8, 4) is 0 Å². The molecule has 1 nitrogen and oxygen atoms in total. The van der Waals surface area contributed by atoms with Crippen molar-refractivity contribution in [1.82, 2.24) is 0 Å². The maximum atomic E-state index is 6.22. The summed E-state index contributed by atoms with van der Waals surface area (Å²) in [6, 6.07) is 0. The number of hydrogen-bond donors (Lipinski definition) is 0. The Morgan fingerprint density at radius 2 is 2.06 bits per heavy atom. The molecule has 2 bridgehead atoms. The van der Waals surface area contributed by atoms with Gasteiger partial charge in [-0.15, -0.1) is 0 Å². The van der Waals surface area contributed by atoms with E-state index < -0.39 is 0 Å². The smallest absolute Gasteiger partial charge is 0.0671 e. The summed E-state index contributed by atoms with van der Waals surface area (Å²) in [6.07, 6.45) is 11.9. The Balaban J connectivity index is 1.75. The first-order valence-electron chi connectivity index (χ1n) is 7.18. The highest BCUT2D eigenvalue weighted by Gasteiger charge is 2.38. The fourth-order valence-corrected chi connectivity index (χ4v) is 3.79. The van der Waals surface area contributed by atoms with Gasteiger partial charge in [-0.3, -0.25) is 0 Å². The summed E-state index contributed by atoms with van der Waals surface area (Å²) in [7, 11) is 0. The van der Waals surface area contributed by atoms with E-state index in [1.807, 2.05) is 0 Å². The van der Waals surface area contributed by atoms with Gasteiger partial charge in [0.05, 0.1) is 12.7 Å². The number of ether oxygens (including phenoxy) is 1. The molecular weight excluding hydrogens is 208 g/mol. The van der Waals surface area contributed by atoms with Gasteiger partial charge in [0.25, 0.3) is 0 Å². The Morgan fingerprint density at radius 1 is 1.18 bits per heavy atom. The molecule has 2 aliphatic carbocycles. The highest BCUT2D eigenvalue weighted by Crippen LogP contribution is 2.42. The van der Waals surface area contributed by atoms with Crippen molar-refractivity contribution in [2.45, 2.75) is 52.1 Å². The Hall–Kier alpha value is -0.560. The lowest BCUT2D eigenvalue weighted by molar-refractivity contribution is -0.0807. The molecule has 0 aromatic rings. The fourth-order valence-electron chi connectivity index (χ4n) is 3.79. The molecule has 4 atom stereocenters. The average molecular weight is 232 g/mol. The number of fused-ring (bicyclic) bond motifs is 2. The zero-order valence-electron chi connectivity index (χ0n) is 11.1. The molecule has 0 radical (unpaired) electrons. The third-order valence-corrected chi connectivity index (χ3v) is 5.01. The van der Waals surface area contributed by atoms with E-state index in [4.69, 9.17) is 4.74 Å². The molecule has 1 aliphatic heterocycles. The van der Waals surface area contributed by atoms with Crippen LogP contribution in [0.25, 0.3) is 0 Å². The second kappa shape index (κ2) is 4.61. The van der Waals surface area contributed by atoms with Gasteiger partial charge in [-0.05, 0) is 57.8 Å². The third-order valence-electron chi connectivity index (χ3n) is 5.01. The SMILES string of the molecule is CC1=CC[C@@H]([C@@H]2OC[C@H]3CC=C(C)[C@H]2C3)CC1. The van der Waals surface area contributed by atoms with Crippen LogP contribution in [0.4, 0.5) is 0 Å². The van der Waals surface area contributed by atoms with Crippen molar-refractivity contribution in [3.63, 3.8) is 0 Å². The summed E-state index contributed by atoms with van der Waals surface area (Å²) in [5.41, 5.74) is 3.17. The molecule has 3 aliphatic rings. The molecule has 3 rings (SSSR count). The standard InChI is InChI=1S/C16H24O/c1-11-3-7-14(8-4-11)16-15-9-13(10-17-16)6-5-12(15)2/h3,5,13-16H,4,6-10H2,1-2H3/t13-,14+,15+,16-/m0/s1. The zero-order valence-corrected chi connectivity index (χ0v) is 11.1. The van der Waals surface area contributed by atoms with Crippen molar-refractivity contribution in [3.05, 3.63) is 23.3 Å². The van der Waals surface area contributed by atoms with Gasteiger partial charge in [0.2, 0.25) is 0 Å². The van der Waals surface area contributed by atoms with Crippen LogP contribution in [-0.4, -0.2) is 12.7 Å². The minimum absolute atomic E-state index is 0.507. The molecule has 0 aromatic carbocycles. The highest BCUT2D eigenvalue weighted by atomic mass is 16.5. The summed E-state index contributed by atoms with van der Waals surface area (Å²) >= 11 is 0. The molecule has 1 heterocycles. The van der Waals surface area contributed by atoms with Crippen molar-refractivity contribution in [2.75, 3.05) is 6.61 Å². The highest BCUT2D eigenvalue weighted by molar-refractivity contribution is 5.14. The summed E-state index contributed by atoms with van der Waals surface area (Å²) in [6.45, 7) is 5.58. The third kappa shape index (κ3) is 2.22. The van der Waals surface area contributed by atoms with E-state index in [2.05, 4.69) is 26.0 Å². The lowest BCUT2D eigenvalue weighted by atomic mass is 9.71. The number of hydrogen-bond acceptors (Lipinski definition) is 1. The second-order valence-electron chi connectivity index (χ2n) is 6.27. The summed E-state index contributed by atoms with van der Waals surface area (Å²) < 4.78 is 6.22. The van der Waals surface area contributed by atoms with Gasteiger partial charge in [0, 0.05) is 5.92 Å². The predicted octanol–water partition coefficient (Wildman–Crippen LogP) is 4.10. The predicted molar refractivity (Wildman–Crippen MR) is 70.8 cm³/mol. The van der Waals surface area contributed by atoms with E-state index >= 15 is 0 Å². The molecule has 0 unspecified atom stereocenters. The summed E-state index contributed by atoms with van der Waals surface area (Å²) in [5.74, 6) is 2.30. The van der Waals surface area contributed by atoms with Crippen molar-refractivity contribution < 1.29 is 4.74 Å². The molecule has 0 amide bonds. The van der Waals surface area contributed by atoms with Crippen molar-refractivity contribution >= 4 is 0 Å². The Kier molecular flexibility index (Phi) is 3.12. The van der Waals surface area contributed by atoms with Gasteiger partial charge in [0.1, 0.15) is 0 Å². The molecule has 1 fully saturated rings. The molecule has 94 valence electrons. The molecule has 0 aromatic heterocycles. The van der Waals surface area contributed by atoms with E-state index in [0.717, 1.165) is 24.4 Å². The summed E-state index contributed by atoms with van der Waals surface area (Å²) in [4.78, 5) is 0. The molecular formula is C16H24O. The maximum absolute atomic E-state index is 6.22. The molecule has 0 spiro atoms. The second-order valence-corrected chi connectivity index (χ2v) is 6.27. The lowest BCUT2D eigenvalue weighted by Crippen LogP contribution is -2.42. The molecule has 0 saturated carbocycles. The minimum Gasteiger partial charge on any atom is -0.377 e. The van der Waals surface area contributed by atoms with Gasteiger partial charge in [-0.2, -0.15) is 0 Å². The number of allylic oxidation sites excluding steroid dienone is 3. The van der Waals surface area contributed by atoms with E-state index in [0.29, 0.717) is 6.10 Å². The van der Waals surface area contributed by atoms with Gasteiger partial charge in [-0.1, -0.05) is 23.3 Å². The van der Waals surface area contributed by atoms with Crippen LogP contribution >= 0.6 is 0 Å². The van der Waals surface area contributed by atoms with Crippen LogP contribution in [0, 0.1) is 17.8 Å². The van der Waals surface area contributed by atoms with Gasteiger partial charge < -0.3 is 4.74 Å². The van der Waals surface area contributed by atoms with E-state index in [1.54, 1.807) is 11.1 Å². The van der Waals surface area contributed by atoms with Crippen LogP contribution in [0.3, 0.4) is 0 Å². The maximum Gasteiger partial charge on any atom is 0.0671 e. The van der Waals surface area contributed by atoms with Crippen LogP contribution in [0.2, 0.25) is 0 Å². The van der Waals surface area contributed by atoms with E-state index in [9.17, 15) is 0 Å². The van der Waals surface area contributed by atoms with Gasteiger partial charge in [-0.25, -0.2) is 0 Å². The molecule has 17 heavy (non-hydrogen) atoms. The number of rotatable bonds is 1. The summed E-state index contributed by atoms with van der Waals surface area (Å²) in [5, 5.41) is 0. The van der Waals surface area contributed by atoms with Crippen LogP contribution in [-0.2, 0) is 4.74 Å².